The van der Waals surface area contributed by atoms with Gasteiger partial charge < -0.3 is 9.88 Å². The first-order valence-corrected chi connectivity index (χ1v) is 7.80. The fourth-order valence-electron chi connectivity index (χ4n) is 3.13. The van der Waals surface area contributed by atoms with Crippen LogP contribution in [0.3, 0.4) is 0 Å². The number of aromatic amines is 1. The predicted octanol–water partition coefficient (Wildman–Crippen LogP) is 3.67. The largest absolute Gasteiger partial charge is 0.361 e. The molecule has 0 saturated heterocycles. The Morgan fingerprint density at radius 2 is 2.24 bits per heavy atom. The highest BCUT2D eigenvalue weighted by Crippen LogP contribution is 2.21. The van der Waals surface area contributed by atoms with E-state index in [4.69, 9.17) is 0 Å². The van der Waals surface area contributed by atoms with Crippen molar-refractivity contribution < 1.29 is 4.79 Å². The van der Waals surface area contributed by atoms with Crippen molar-refractivity contribution in [3.8, 4) is 0 Å². The van der Waals surface area contributed by atoms with Crippen LogP contribution in [0.2, 0.25) is 0 Å². The van der Waals surface area contributed by atoms with E-state index in [0.717, 1.165) is 25.8 Å². The molecule has 2 aromatic rings. The molecule has 3 nitrogen and oxygen atoms in total. The maximum Gasteiger partial charge on any atom is 0.222 e. The van der Waals surface area contributed by atoms with Crippen LogP contribution in [0.4, 0.5) is 0 Å². The van der Waals surface area contributed by atoms with Gasteiger partial charge in [0.1, 0.15) is 0 Å². The van der Waals surface area contributed by atoms with Crippen molar-refractivity contribution in [2.75, 3.05) is 6.54 Å². The van der Waals surface area contributed by atoms with Crippen molar-refractivity contribution in [2.45, 2.75) is 38.6 Å². The number of carbonyl (C=O) groups is 1. The van der Waals surface area contributed by atoms with Crippen molar-refractivity contribution in [1.82, 2.24) is 9.88 Å². The summed E-state index contributed by atoms with van der Waals surface area (Å²) in [6.45, 7) is 2.74. The van der Waals surface area contributed by atoms with Crippen LogP contribution in [0, 0.1) is 0 Å². The summed E-state index contributed by atoms with van der Waals surface area (Å²) in [5, 5.41) is 1.27. The molecule has 1 atom stereocenters. The highest BCUT2D eigenvalue weighted by molar-refractivity contribution is 5.83. The van der Waals surface area contributed by atoms with E-state index in [1.807, 2.05) is 17.9 Å². The van der Waals surface area contributed by atoms with E-state index in [0.29, 0.717) is 12.5 Å². The van der Waals surface area contributed by atoms with Gasteiger partial charge in [0.05, 0.1) is 6.04 Å². The van der Waals surface area contributed by atoms with Crippen LogP contribution in [0.15, 0.2) is 42.6 Å². The van der Waals surface area contributed by atoms with Gasteiger partial charge in [-0.05, 0) is 30.9 Å². The van der Waals surface area contributed by atoms with Crippen LogP contribution < -0.4 is 0 Å². The number of benzene rings is 1. The number of aromatic nitrogens is 1. The van der Waals surface area contributed by atoms with E-state index in [2.05, 4.69) is 41.5 Å². The summed E-state index contributed by atoms with van der Waals surface area (Å²) in [6, 6.07) is 8.63. The molecule has 0 bridgehead atoms. The molecule has 0 spiro atoms. The zero-order chi connectivity index (χ0) is 14.7. The van der Waals surface area contributed by atoms with Crippen molar-refractivity contribution in [3.05, 3.63) is 48.2 Å². The number of para-hydroxylation sites is 1. The SMILES string of the molecule is CCC(=O)N(CCc1c[nH]c2ccccc12)C1C=CCC1. The first-order chi connectivity index (χ1) is 10.3. The molecule has 21 heavy (non-hydrogen) atoms. The van der Waals surface area contributed by atoms with E-state index < -0.39 is 0 Å². The minimum absolute atomic E-state index is 0.256. The molecular weight excluding hydrogens is 260 g/mol. The van der Waals surface area contributed by atoms with Crippen LogP contribution in [-0.2, 0) is 11.2 Å². The second-order valence-corrected chi connectivity index (χ2v) is 5.62. The summed E-state index contributed by atoms with van der Waals surface area (Å²) in [7, 11) is 0. The molecule has 0 fully saturated rings. The molecule has 3 rings (SSSR count). The van der Waals surface area contributed by atoms with E-state index in [-0.39, 0.29) is 5.91 Å². The Kier molecular flexibility index (Phi) is 4.09. The second-order valence-electron chi connectivity index (χ2n) is 5.62. The first kappa shape index (κ1) is 13.9. The standard InChI is InChI=1S/C18H22N2O/c1-2-18(21)20(15-7-3-4-8-15)12-11-14-13-19-17-10-6-5-9-16(14)17/h3,5-7,9-10,13,15,19H,2,4,8,11-12H2,1H3. The number of H-pyrrole nitrogens is 1. The van der Waals surface area contributed by atoms with Gasteiger partial charge >= 0.3 is 0 Å². The smallest absolute Gasteiger partial charge is 0.222 e. The summed E-state index contributed by atoms with van der Waals surface area (Å²) >= 11 is 0. The zero-order valence-electron chi connectivity index (χ0n) is 12.5. The Hall–Kier alpha value is -2.03. The minimum Gasteiger partial charge on any atom is -0.361 e. The molecule has 1 heterocycles. The molecule has 1 unspecified atom stereocenters. The zero-order valence-corrected chi connectivity index (χ0v) is 12.5. The van der Waals surface area contributed by atoms with E-state index in [9.17, 15) is 4.79 Å². The van der Waals surface area contributed by atoms with Crippen molar-refractivity contribution in [1.29, 1.82) is 0 Å². The molecular formula is C18H22N2O. The lowest BCUT2D eigenvalue weighted by Gasteiger charge is -2.27. The van der Waals surface area contributed by atoms with E-state index in [1.165, 1.54) is 16.5 Å². The van der Waals surface area contributed by atoms with Gasteiger partial charge in [0.25, 0.3) is 0 Å². The van der Waals surface area contributed by atoms with Gasteiger partial charge in [-0.25, -0.2) is 0 Å². The Bertz CT molecular complexity index is 656. The second kappa shape index (κ2) is 6.17. The monoisotopic (exact) mass is 282 g/mol. The topological polar surface area (TPSA) is 36.1 Å². The van der Waals surface area contributed by atoms with Crippen LogP contribution in [0.1, 0.15) is 31.7 Å². The van der Waals surface area contributed by atoms with Gasteiger partial charge in [-0.1, -0.05) is 37.3 Å². The maximum absolute atomic E-state index is 12.2. The quantitative estimate of drug-likeness (QED) is 0.835. The third-order valence-corrected chi connectivity index (χ3v) is 4.31. The third kappa shape index (κ3) is 2.87. The summed E-state index contributed by atoms with van der Waals surface area (Å²) in [5.74, 6) is 0.256. The average molecular weight is 282 g/mol. The molecule has 1 aliphatic rings. The maximum atomic E-state index is 12.2. The average Bonchev–Trinajstić information content (AvgIpc) is 3.17. The highest BCUT2D eigenvalue weighted by atomic mass is 16.2. The Balaban J connectivity index is 1.74. The normalized spacial score (nSPS) is 17.5. The number of hydrogen-bond donors (Lipinski definition) is 1. The molecule has 1 amide bonds. The fraction of sp³-hybridized carbons (Fsp3) is 0.389. The Morgan fingerprint density at radius 1 is 1.38 bits per heavy atom. The van der Waals surface area contributed by atoms with Gasteiger partial charge in [-0.15, -0.1) is 0 Å². The molecule has 1 aliphatic carbocycles. The lowest BCUT2D eigenvalue weighted by molar-refractivity contribution is -0.132. The third-order valence-electron chi connectivity index (χ3n) is 4.31. The van der Waals surface area contributed by atoms with Crippen LogP contribution >= 0.6 is 0 Å². The first-order valence-electron chi connectivity index (χ1n) is 7.80. The lowest BCUT2D eigenvalue weighted by atomic mass is 10.1. The fourth-order valence-corrected chi connectivity index (χ4v) is 3.13. The Morgan fingerprint density at radius 3 is 3.00 bits per heavy atom. The number of allylic oxidation sites excluding steroid dienone is 1. The predicted molar refractivity (Wildman–Crippen MR) is 86.2 cm³/mol. The van der Waals surface area contributed by atoms with E-state index >= 15 is 0 Å². The van der Waals surface area contributed by atoms with Crippen LogP contribution in [0.5, 0.6) is 0 Å². The number of carbonyl (C=O) groups excluding carboxylic acids is 1. The molecule has 0 radical (unpaired) electrons. The van der Waals surface area contributed by atoms with Crippen molar-refractivity contribution in [3.63, 3.8) is 0 Å². The number of fused-ring (bicyclic) bond motifs is 1. The van der Waals surface area contributed by atoms with Crippen molar-refractivity contribution >= 4 is 16.8 Å². The molecule has 0 saturated carbocycles. The lowest BCUT2D eigenvalue weighted by Crippen LogP contribution is -2.39. The van der Waals surface area contributed by atoms with Crippen LogP contribution in [-0.4, -0.2) is 28.4 Å². The highest BCUT2D eigenvalue weighted by Gasteiger charge is 2.22. The number of nitrogens with one attached hydrogen (secondary N) is 1. The number of nitrogens with zero attached hydrogens (tertiary/aromatic N) is 1. The molecule has 3 heteroatoms. The molecule has 110 valence electrons. The van der Waals surface area contributed by atoms with E-state index in [1.54, 1.807) is 0 Å². The summed E-state index contributed by atoms with van der Waals surface area (Å²) in [4.78, 5) is 17.6. The van der Waals surface area contributed by atoms with Crippen LogP contribution in [0.25, 0.3) is 10.9 Å². The van der Waals surface area contributed by atoms with Gasteiger partial charge in [0.15, 0.2) is 0 Å². The van der Waals surface area contributed by atoms with Gasteiger partial charge in [-0.3, -0.25) is 4.79 Å². The molecule has 0 aliphatic heterocycles. The van der Waals surface area contributed by atoms with Crippen molar-refractivity contribution in [2.24, 2.45) is 0 Å². The molecule has 1 aromatic carbocycles. The Labute approximate surface area is 125 Å². The molecule has 1 N–H and O–H groups in total. The minimum atomic E-state index is 0.256. The number of hydrogen-bond acceptors (Lipinski definition) is 1. The number of rotatable bonds is 5. The summed E-state index contributed by atoms with van der Waals surface area (Å²) in [5.41, 5.74) is 2.46. The van der Waals surface area contributed by atoms with Gasteiger partial charge in [0, 0.05) is 30.1 Å². The number of amides is 1. The van der Waals surface area contributed by atoms with Gasteiger partial charge in [-0.2, -0.15) is 0 Å². The van der Waals surface area contributed by atoms with Gasteiger partial charge in [0.2, 0.25) is 5.91 Å². The molecule has 1 aromatic heterocycles. The summed E-state index contributed by atoms with van der Waals surface area (Å²) < 4.78 is 0. The summed E-state index contributed by atoms with van der Waals surface area (Å²) in [6.07, 6.45) is 10.1.